The monoisotopic (exact) mass is 323 g/mol. The van der Waals surface area contributed by atoms with E-state index in [-0.39, 0.29) is 39.5 Å². The normalized spacial score (nSPS) is 14.9. The van der Waals surface area contributed by atoms with Crippen LogP contribution in [0.2, 0.25) is 0 Å². The first-order valence-corrected chi connectivity index (χ1v) is 6.99. The summed E-state index contributed by atoms with van der Waals surface area (Å²) in [5.41, 5.74) is 2.78. The van der Waals surface area contributed by atoms with Crippen LogP contribution in [0.5, 0.6) is 0 Å². The maximum atomic E-state index is 9.07. The van der Waals surface area contributed by atoms with Crippen molar-refractivity contribution in [2.75, 3.05) is 52.6 Å². The lowest BCUT2D eigenvalue weighted by atomic mass is 10.4. The van der Waals surface area contributed by atoms with Crippen molar-refractivity contribution in [3.8, 4) is 0 Å². The Kier molecular flexibility index (Phi) is 8.35. The molecule has 1 aliphatic heterocycles. The molecule has 0 amide bonds. The zero-order valence-electron chi connectivity index (χ0n) is 11.7. The molecule has 0 aromatic rings. The summed E-state index contributed by atoms with van der Waals surface area (Å²) >= 11 is 6.02. The zero-order valence-corrected chi connectivity index (χ0v) is 12.4. The fraction of sp³-hybridized carbons (Fsp3) is 0.727. The van der Waals surface area contributed by atoms with Crippen LogP contribution in [-0.2, 0) is 0 Å². The topological polar surface area (TPSA) is 115 Å². The molecule has 5 N–H and O–H groups in total. The number of aliphatic hydroxyl groups excluding tert-OH is 4. The van der Waals surface area contributed by atoms with E-state index in [2.05, 4.69) is 10.5 Å². The Bertz CT molecular complexity index is 357. The van der Waals surface area contributed by atoms with Gasteiger partial charge >= 0.3 is 0 Å². The number of hydrogen-bond donors (Lipinski definition) is 5. The van der Waals surface area contributed by atoms with E-state index in [4.69, 9.17) is 32.0 Å². The van der Waals surface area contributed by atoms with Gasteiger partial charge in [0.25, 0.3) is 0 Å². The van der Waals surface area contributed by atoms with Gasteiger partial charge in [-0.3, -0.25) is 5.43 Å². The van der Waals surface area contributed by atoms with Crippen molar-refractivity contribution in [3.05, 3.63) is 11.2 Å². The van der Waals surface area contributed by atoms with Gasteiger partial charge in [-0.2, -0.15) is 5.01 Å². The number of hydrazine groups is 2. The lowest BCUT2D eigenvalue weighted by Gasteiger charge is -2.36. The number of hydrogen-bond acceptors (Lipinski definition) is 9. The number of amidine groups is 1. The molecule has 0 aromatic heterocycles. The van der Waals surface area contributed by atoms with Crippen LogP contribution in [-0.4, -0.2) is 94.0 Å². The third kappa shape index (κ3) is 5.65. The molecule has 0 unspecified atom stereocenters. The summed E-state index contributed by atoms with van der Waals surface area (Å²) in [4.78, 5) is 1.67. The van der Waals surface area contributed by atoms with E-state index in [9.17, 15) is 0 Å². The second-order valence-corrected chi connectivity index (χ2v) is 4.59. The van der Waals surface area contributed by atoms with Gasteiger partial charge in [0.2, 0.25) is 0 Å². The molecule has 122 valence electrons. The molecule has 0 aromatic carbocycles. The lowest BCUT2D eigenvalue weighted by Crippen LogP contribution is -2.52. The Morgan fingerprint density at radius 2 is 1.52 bits per heavy atom. The highest BCUT2D eigenvalue weighted by Crippen LogP contribution is 2.11. The van der Waals surface area contributed by atoms with Gasteiger partial charge in [-0.05, 0) is 0 Å². The molecule has 0 bridgehead atoms. The minimum atomic E-state index is -0.110. The summed E-state index contributed by atoms with van der Waals surface area (Å²) in [6, 6.07) is 0. The van der Waals surface area contributed by atoms with Crippen LogP contribution in [0.25, 0.3) is 0 Å². The summed E-state index contributed by atoms with van der Waals surface area (Å²) in [5.74, 6) is 0.461. The molecular formula is C11H22ClN5O4. The van der Waals surface area contributed by atoms with Crippen LogP contribution in [0.4, 0.5) is 0 Å². The molecule has 0 spiro atoms. The Morgan fingerprint density at radius 1 is 1.00 bits per heavy atom. The van der Waals surface area contributed by atoms with Gasteiger partial charge in [0.05, 0.1) is 26.4 Å². The average molecular weight is 324 g/mol. The Balaban J connectivity index is 2.89. The van der Waals surface area contributed by atoms with Crippen LogP contribution in [0.1, 0.15) is 0 Å². The highest BCUT2D eigenvalue weighted by atomic mass is 35.5. The molecule has 0 saturated carbocycles. The van der Waals surface area contributed by atoms with Gasteiger partial charge in [0.15, 0.2) is 5.84 Å². The Morgan fingerprint density at radius 3 is 2.00 bits per heavy atom. The smallest absolute Gasteiger partial charge is 0.155 e. The maximum Gasteiger partial charge on any atom is 0.155 e. The van der Waals surface area contributed by atoms with Crippen molar-refractivity contribution in [1.82, 2.24) is 20.6 Å². The SMILES string of the molecule is OCCN(CCO)C1=NN(N(CCO)CCO)NC(Cl)=C1. The number of nitrogens with one attached hydrogen (secondary N) is 1. The van der Waals surface area contributed by atoms with Gasteiger partial charge < -0.3 is 25.3 Å². The lowest BCUT2D eigenvalue weighted by molar-refractivity contribution is -0.0754. The van der Waals surface area contributed by atoms with Crippen LogP contribution in [0.3, 0.4) is 0 Å². The number of nitrogens with zero attached hydrogens (tertiary/aromatic N) is 4. The van der Waals surface area contributed by atoms with E-state index < -0.39 is 0 Å². The summed E-state index contributed by atoms with van der Waals surface area (Å²) in [5, 5.41) is 43.7. The van der Waals surface area contributed by atoms with Crippen molar-refractivity contribution in [2.24, 2.45) is 5.10 Å². The number of aliphatic hydroxyl groups is 4. The van der Waals surface area contributed by atoms with Crippen LogP contribution >= 0.6 is 11.6 Å². The van der Waals surface area contributed by atoms with Crippen LogP contribution < -0.4 is 5.43 Å². The van der Waals surface area contributed by atoms with Gasteiger partial charge in [-0.25, -0.2) is 0 Å². The molecule has 9 nitrogen and oxygen atoms in total. The van der Waals surface area contributed by atoms with Crippen molar-refractivity contribution in [3.63, 3.8) is 0 Å². The third-order valence-corrected chi connectivity index (χ3v) is 2.90. The zero-order chi connectivity index (χ0) is 15.7. The fourth-order valence-electron chi connectivity index (χ4n) is 1.79. The maximum absolute atomic E-state index is 9.07. The Hall–Kier alpha value is -1.10. The van der Waals surface area contributed by atoms with E-state index in [0.717, 1.165) is 0 Å². The van der Waals surface area contributed by atoms with Gasteiger partial charge in [0.1, 0.15) is 5.16 Å². The minimum Gasteiger partial charge on any atom is -0.395 e. The fourth-order valence-corrected chi connectivity index (χ4v) is 1.97. The molecule has 0 fully saturated rings. The summed E-state index contributed by atoms with van der Waals surface area (Å²) in [7, 11) is 0. The summed E-state index contributed by atoms with van der Waals surface area (Å²) in [6.07, 6.45) is 1.57. The minimum absolute atomic E-state index is 0.0884. The molecule has 10 heteroatoms. The van der Waals surface area contributed by atoms with Gasteiger partial charge in [0, 0.05) is 32.3 Å². The predicted molar refractivity (Wildman–Crippen MR) is 77.8 cm³/mol. The average Bonchev–Trinajstić information content (AvgIpc) is 2.46. The van der Waals surface area contributed by atoms with Crippen molar-refractivity contribution < 1.29 is 20.4 Å². The quantitative estimate of drug-likeness (QED) is 0.301. The first-order valence-electron chi connectivity index (χ1n) is 6.62. The number of rotatable bonds is 9. The number of halogens is 1. The molecule has 0 atom stereocenters. The van der Waals surface area contributed by atoms with Gasteiger partial charge in [-0.15, -0.1) is 10.3 Å². The van der Waals surface area contributed by atoms with Gasteiger partial charge in [-0.1, -0.05) is 11.6 Å². The first kappa shape index (κ1) is 18.0. The third-order valence-electron chi connectivity index (χ3n) is 2.71. The Labute approximate surface area is 128 Å². The second-order valence-electron chi connectivity index (χ2n) is 4.19. The summed E-state index contributed by atoms with van der Waals surface area (Å²) < 4.78 is 0. The van der Waals surface area contributed by atoms with Crippen molar-refractivity contribution in [1.29, 1.82) is 0 Å². The highest BCUT2D eigenvalue weighted by molar-refractivity contribution is 6.30. The van der Waals surface area contributed by atoms with E-state index in [1.54, 1.807) is 16.0 Å². The van der Waals surface area contributed by atoms with E-state index in [1.807, 2.05) is 0 Å². The van der Waals surface area contributed by atoms with Crippen LogP contribution in [0, 0.1) is 0 Å². The molecular weight excluding hydrogens is 302 g/mol. The van der Waals surface area contributed by atoms with E-state index in [0.29, 0.717) is 24.1 Å². The largest absolute Gasteiger partial charge is 0.395 e. The van der Waals surface area contributed by atoms with E-state index in [1.165, 1.54) is 5.23 Å². The predicted octanol–water partition coefficient (Wildman–Crippen LogP) is -2.31. The van der Waals surface area contributed by atoms with Crippen LogP contribution in [0.15, 0.2) is 16.3 Å². The summed E-state index contributed by atoms with van der Waals surface area (Å²) in [6.45, 7) is 0.720. The molecule has 1 heterocycles. The highest BCUT2D eigenvalue weighted by Gasteiger charge is 2.21. The molecule has 0 saturated heterocycles. The van der Waals surface area contributed by atoms with Crippen molar-refractivity contribution >= 4 is 17.4 Å². The number of hydrazone groups is 1. The first-order chi connectivity index (χ1) is 10.2. The molecule has 0 radical (unpaired) electrons. The van der Waals surface area contributed by atoms with E-state index >= 15 is 0 Å². The second kappa shape index (κ2) is 9.77. The molecule has 1 aliphatic rings. The molecule has 0 aliphatic carbocycles. The molecule has 21 heavy (non-hydrogen) atoms. The standard InChI is InChI=1S/C11H22ClN5O4/c12-10-9-11(15(1-5-18)2-6-19)14-17(13-10)16(3-7-20)4-8-21/h9,13,18-21H,1-8H2. The van der Waals surface area contributed by atoms with Crippen molar-refractivity contribution in [2.45, 2.75) is 0 Å². The molecule has 1 rings (SSSR count).